The number of aryl methyl sites for hydroxylation is 2. The third-order valence-electron chi connectivity index (χ3n) is 4.37. The van der Waals surface area contributed by atoms with Crippen LogP contribution in [0.3, 0.4) is 0 Å². The van der Waals surface area contributed by atoms with E-state index >= 15 is 0 Å². The van der Waals surface area contributed by atoms with Crippen LogP contribution in [0.2, 0.25) is 0 Å². The van der Waals surface area contributed by atoms with Gasteiger partial charge in [0.25, 0.3) is 5.91 Å². The summed E-state index contributed by atoms with van der Waals surface area (Å²) < 4.78 is 10.7. The quantitative estimate of drug-likeness (QED) is 0.399. The van der Waals surface area contributed by atoms with Crippen LogP contribution >= 0.6 is 0 Å². The summed E-state index contributed by atoms with van der Waals surface area (Å²) in [4.78, 5) is 36.1. The standard InChI is InChI=1S/C23H29N3O5/c1-4-30-13-14-31-19-8-6-18(7-9-19)23(29)26-25-22(28)12-11-21(27)24-20-10-5-16(2)15-17(20)3/h5-10,15H,4,11-14H2,1-3H3,(H,24,27)(H,25,28)(H,26,29). The summed E-state index contributed by atoms with van der Waals surface area (Å²) in [5, 5.41) is 2.78. The van der Waals surface area contributed by atoms with E-state index in [2.05, 4.69) is 16.2 Å². The first-order valence-electron chi connectivity index (χ1n) is 10.2. The summed E-state index contributed by atoms with van der Waals surface area (Å²) in [5.74, 6) is -0.572. The molecule has 0 bridgehead atoms. The van der Waals surface area contributed by atoms with E-state index in [0.717, 1.165) is 16.8 Å². The minimum atomic E-state index is -0.464. The maximum atomic E-state index is 12.1. The van der Waals surface area contributed by atoms with Crippen LogP contribution in [0.1, 0.15) is 41.3 Å². The fourth-order valence-corrected chi connectivity index (χ4v) is 2.72. The number of rotatable bonds is 10. The molecule has 0 fully saturated rings. The summed E-state index contributed by atoms with van der Waals surface area (Å²) >= 11 is 0. The highest BCUT2D eigenvalue weighted by Gasteiger charge is 2.11. The number of nitrogens with one attached hydrogen (secondary N) is 3. The first kappa shape index (κ1) is 23.9. The van der Waals surface area contributed by atoms with Gasteiger partial charge in [0.1, 0.15) is 12.4 Å². The van der Waals surface area contributed by atoms with Crippen LogP contribution in [0.25, 0.3) is 0 Å². The highest BCUT2D eigenvalue weighted by molar-refractivity contribution is 5.96. The van der Waals surface area contributed by atoms with Crippen molar-refractivity contribution in [3.8, 4) is 5.75 Å². The molecule has 0 radical (unpaired) electrons. The van der Waals surface area contributed by atoms with Gasteiger partial charge in [0, 0.05) is 30.7 Å². The van der Waals surface area contributed by atoms with Crippen molar-refractivity contribution >= 4 is 23.4 Å². The zero-order valence-electron chi connectivity index (χ0n) is 18.1. The molecule has 0 unspecified atom stereocenters. The Labute approximate surface area is 182 Å². The van der Waals surface area contributed by atoms with Crippen LogP contribution in [-0.4, -0.2) is 37.5 Å². The molecule has 0 saturated carbocycles. The van der Waals surface area contributed by atoms with Crippen LogP contribution in [0, 0.1) is 13.8 Å². The second-order valence-electron chi connectivity index (χ2n) is 6.94. The Morgan fingerprint density at radius 3 is 2.26 bits per heavy atom. The molecule has 3 amide bonds. The Morgan fingerprint density at radius 2 is 1.58 bits per heavy atom. The lowest BCUT2D eigenvalue weighted by Gasteiger charge is -2.10. The van der Waals surface area contributed by atoms with E-state index in [1.807, 2.05) is 39.0 Å². The van der Waals surface area contributed by atoms with E-state index in [1.54, 1.807) is 24.3 Å². The van der Waals surface area contributed by atoms with E-state index < -0.39 is 11.8 Å². The topological polar surface area (TPSA) is 106 Å². The van der Waals surface area contributed by atoms with Gasteiger partial charge in [-0.3, -0.25) is 25.2 Å². The molecule has 0 saturated heterocycles. The van der Waals surface area contributed by atoms with Gasteiger partial charge in [-0.2, -0.15) is 0 Å². The lowest BCUT2D eigenvalue weighted by atomic mass is 10.1. The normalized spacial score (nSPS) is 10.3. The van der Waals surface area contributed by atoms with Crippen molar-refractivity contribution in [1.29, 1.82) is 0 Å². The minimum absolute atomic E-state index is 0.00278. The molecule has 166 valence electrons. The lowest BCUT2D eigenvalue weighted by Crippen LogP contribution is -2.41. The van der Waals surface area contributed by atoms with Gasteiger partial charge in [-0.15, -0.1) is 0 Å². The predicted octanol–water partition coefficient (Wildman–Crippen LogP) is 2.90. The number of benzene rings is 2. The molecule has 2 rings (SSSR count). The number of hydrogen-bond donors (Lipinski definition) is 3. The molecule has 2 aromatic rings. The lowest BCUT2D eigenvalue weighted by molar-refractivity contribution is -0.124. The summed E-state index contributed by atoms with van der Waals surface area (Å²) in [6.45, 7) is 7.34. The number of anilines is 1. The second-order valence-corrected chi connectivity index (χ2v) is 6.94. The summed E-state index contributed by atoms with van der Waals surface area (Å²) in [5.41, 5.74) is 7.79. The van der Waals surface area contributed by atoms with Gasteiger partial charge >= 0.3 is 0 Å². The van der Waals surface area contributed by atoms with Crippen molar-refractivity contribution in [1.82, 2.24) is 10.9 Å². The average molecular weight is 428 g/mol. The SMILES string of the molecule is CCOCCOc1ccc(C(=O)NNC(=O)CCC(=O)Nc2ccc(C)cc2C)cc1. The van der Waals surface area contributed by atoms with E-state index in [9.17, 15) is 14.4 Å². The Hall–Kier alpha value is -3.39. The van der Waals surface area contributed by atoms with Crippen LogP contribution in [-0.2, 0) is 14.3 Å². The van der Waals surface area contributed by atoms with Gasteiger partial charge in [0.05, 0.1) is 6.61 Å². The van der Waals surface area contributed by atoms with E-state index in [0.29, 0.717) is 31.1 Å². The average Bonchev–Trinajstić information content (AvgIpc) is 2.76. The fraction of sp³-hybridized carbons (Fsp3) is 0.348. The number of carbonyl (C=O) groups excluding carboxylic acids is 3. The Bertz CT molecular complexity index is 897. The van der Waals surface area contributed by atoms with E-state index in [4.69, 9.17) is 9.47 Å². The highest BCUT2D eigenvalue weighted by Crippen LogP contribution is 2.16. The van der Waals surface area contributed by atoms with Crippen LogP contribution < -0.4 is 20.9 Å². The van der Waals surface area contributed by atoms with Crippen LogP contribution in [0.15, 0.2) is 42.5 Å². The zero-order valence-corrected chi connectivity index (χ0v) is 18.1. The third-order valence-corrected chi connectivity index (χ3v) is 4.37. The molecular formula is C23H29N3O5. The Balaban J connectivity index is 1.70. The van der Waals surface area contributed by atoms with Crippen molar-refractivity contribution in [3.63, 3.8) is 0 Å². The zero-order chi connectivity index (χ0) is 22.6. The molecule has 0 heterocycles. The third kappa shape index (κ3) is 8.47. The van der Waals surface area contributed by atoms with Crippen molar-refractivity contribution in [2.45, 2.75) is 33.6 Å². The summed E-state index contributed by atoms with van der Waals surface area (Å²) in [6.07, 6.45) is -0.0492. The van der Waals surface area contributed by atoms with Gasteiger partial charge in [-0.05, 0) is 56.7 Å². The molecule has 31 heavy (non-hydrogen) atoms. The molecule has 3 N–H and O–H groups in total. The van der Waals surface area contributed by atoms with Gasteiger partial charge < -0.3 is 14.8 Å². The first-order chi connectivity index (χ1) is 14.9. The molecule has 8 heteroatoms. The molecular weight excluding hydrogens is 398 g/mol. The highest BCUT2D eigenvalue weighted by atomic mass is 16.5. The second kappa shape index (κ2) is 12.3. The number of hydrogen-bond acceptors (Lipinski definition) is 5. The smallest absolute Gasteiger partial charge is 0.269 e. The van der Waals surface area contributed by atoms with Gasteiger partial charge in [0.15, 0.2) is 0 Å². The first-order valence-corrected chi connectivity index (χ1v) is 10.2. The molecule has 0 aliphatic rings. The number of amides is 3. The van der Waals surface area contributed by atoms with Crippen molar-refractivity contribution < 1.29 is 23.9 Å². The van der Waals surface area contributed by atoms with Gasteiger partial charge in [0.2, 0.25) is 11.8 Å². The number of carbonyl (C=O) groups is 3. The molecule has 0 spiro atoms. The Kier molecular flexibility index (Phi) is 9.51. The van der Waals surface area contributed by atoms with Crippen molar-refractivity contribution in [2.75, 3.05) is 25.1 Å². The molecule has 0 aromatic heterocycles. The minimum Gasteiger partial charge on any atom is -0.491 e. The largest absolute Gasteiger partial charge is 0.491 e. The monoisotopic (exact) mass is 427 g/mol. The molecule has 8 nitrogen and oxygen atoms in total. The molecule has 2 aromatic carbocycles. The van der Waals surface area contributed by atoms with Gasteiger partial charge in [-0.25, -0.2) is 0 Å². The van der Waals surface area contributed by atoms with Crippen molar-refractivity contribution in [2.24, 2.45) is 0 Å². The molecule has 0 atom stereocenters. The van der Waals surface area contributed by atoms with E-state index in [1.165, 1.54) is 0 Å². The van der Waals surface area contributed by atoms with Crippen LogP contribution in [0.5, 0.6) is 5.75 Å². The molecule has 0 aliphatic heterocycles. The van der Waals surface area contributed by atoms with Gasteiger partial charge in [-0.1, -0.05) is 17.7 Å². The Morgan fingerprint density at radius 1 is 0.871 bits per heavy atom. The summed E-state index contributed by atoms with van der Waals surface area (Å²) in [6, 6.07) is 12.2. The maximum Gasteiger partial charge on any atom is 0.269 e. The van der Waals surface area contributed by atoms with E-state index in [-0.39, 0.29) is 18.7 Å². The number of ether oxygens (including phenoxy) is 2. The predicted molar refractivity (Wildman–Crippen MR) is 118 cm³/mol. The number of hydrazine groups is 1. The van der Waals surface area contributed by atoms with Crippen molar-refractivity contribution in [3.05, 3.63) is 59.2 Å². The fourth-order valence-electron chi connectivity index (χ4n) is 2.72. The molecule has 0 aliphatic carbocycles. The summed E-state index contributed by atoms with van der Waals surface area (Å²) in [7, 11) is 0. The maximum absolute atomic E-state index is 12.1. The van der Waals surface area contributed by atoms with Crippen LogP contribution in [0.4, 0.5) is 5.69 Å².